The highest BCUT2D eigenvalue weighted by Gasteiger charge is 2.35. The minimum Gasteiger partial charge on any atom is -0.467 e. The van der Waals surface area contributed by atoms with Gasteiger partial charge in [0.15, 0.2) is 0 Å². The Bertz CT molecular complexity index is 1030. The molecule has 166 valence electrons. The van der Waals surface area contributed by atoms with Crippen LogP contribution in [0.25, 0.3) is 0 Å². The van der Waals surface area contributed by atoms with Gasteiger partial charge < -0.3 is 14.6 Å². The molecule has 2 amide bonds. The Morgan fingerprint density at radius 1 is 1.06 bits per heavy atom. The van der Waals surface area contributed by atoms with Crippen LogP contribution in [0.1, 0.15) is 65.5 Å². The predicted molar refractivity (Wildman–Crippen MR) is 122 cm³/mol. The molecule has 1 fully saturated rings. The number of nitrogens with one attached hydrogen (secondary N) is 1. The van der Waals surface area contributed by atoms with Crippen molar-refractivity contribution in [1.29, 1.82) is 0 Å². The van der Waals surface area contributed by atoms with Crippen molar-refractivity contribution in [3.05, 3.63) is 89.6 Å². The smallest absolute Gasteiger partial charge is 0.273 e. The lowest BCUT2D eigenvalue weighted by Gasteiger charge is -2.33. The summed E-state index contributed by atoms with van der Waals surface area (Å²) in [5.74, 6) is 0.134. The number of pyridine rings is 1. The first-order valence-corrected chi connectivity index (χ1v) is 11.2. The number of aromatic nitrogens is 1. The lowest BCUT2D eigenvalue weighted by molar-refractivity contribution is -0.127. The Hall–Kier alpha value is -3.41. The first-order valence-electron chi connectivity index (χ1n) is 11.2. The van der Waals surface area contributed by atoms with Gasteiger partial charge in [-0.15, -0.1) is 0 Å². The van der Waals surface area contributed by atoms with E-state index in [2.05, 4.69) is 10.3 Å². The lowest BCUT2D eigenvalue weighted by Crippen LogP contribution is -2.47. The quantitative estimate of drug-likeness (QED) is 0.582. The minimum atomic E-state index is -0.794. The molecule has 1 N–H and O–H groups in total. The molecule has 0 bridgehead atoms. The van der Waals surface area contributed by atoms with Gasteiger partial charge in [0.25, 0.3) is 5.91 Å². The summed E-state index contributed by atoms with van der Waals surface area (Å²) >= 11 is 0. The van der Waals surface area contributed by atoms with Crippen LogP contribution in [0.4, 0.5) is 0 Å². The van der Waals surface area contributed by atoms with Crippen molar-refractivity contribution in [1.82, 2.24) is 15.2 Å². The molecule has 6 nitrogen and oxygen atoms in total. The lowest BCUT2D eigenvalue weighted by atomic mass is 9.94. The highest BCUT2D eigenvalue weighted by atomic mass is 16.3. The zero-order valence-electron chi connectivity index (χ0n) is 18.4. The normalized spacial score (nSPS) is 15.2. The van der Waals surface area contributed by atoms with E-state index in [0.29, 0.717) is 11.5 Å². The number of hydrogen-bond donors (Lipinski definition) is 1. The van der Waals surface area contributed by atoms with Crippen LogP contribution >= 0.6 is 0 Å². The average Bonchev–Trinajstić information content (AvgIpc) is 3.34. The van der Waals surface area contributed by atoms with Crippen LogP contribution in [0.5, 0.6) is 0 Å². The number of rotatable bonds is 7. The second-order valence-corrected chi connectivity index (χ2v) is 8.33. The molecule has 1 saturated carbocycles. The van der Waals surface area contributed by atoms with Crippen LogP contribution in [0.15, 0.2) is 71.5 Å². The molecule has 0 unspecified atom stereocenters. The summed E-state index contributed by atoms with van der Waals surface area (Å²) in [7, 11) is 0. The third-order valence-electron chi connectivity index (χ3n) is 6.05. The van der Waals surface area contributed by atoms with E-state index in [-0.39, 0.29) is 24.4 Å². The van der Waals surface area contributed by atoms with Gasteiger partial charge in [0, 0.05) is 12.2 Å². The van der Waals surface area contributed by atoms with Gasteiger partial charge in [0.05, 0.1) is 12.8 Å². The second-order valence-electron chi connectivity index (χ2n) is 8.33. The summed E-state index contributed by atoms with van der Waals surface area (Å²) in [5, 5.41) is 3.23. The molecule has 0 aliphatic heterocycles. The summed E-state index contributed by atoms with van der Waals surface area (Å²) in [6.07, 6.45) is 8.53. The zero-order valence-corrected chi connectivity index (χ0v) is 18.4. The summed E-state index contributed by atoms with van der Waals surface area (Å²) in [5.41, 5.74) is 2.05. The highest BCUT2D eigenvalue weighted by Crippen LogP contribution is 2.29. The van der Waals surface area contributed by atoms with Gasteiger partial charge in [-0.25, -0.2) is 0 Å². The molecular weight excluding hydrogens is 402 g/mol. The molecule has 3 aromatic rings. The van der Waals surface area contributed by atoms with E-state index >= 15 is 0 Å². The average molecular weight is 432 g/mol. The molecular formula is C26H29N3O3. The standard InChI is InChI=1S/C26H29N3O3/c1-19-10-5-6-14-22(19)24(25(30)28-20-11-3-2-4-12-20)29(18-21-13-9-17-32-21)26(31)23-15-7-8-16-27-23/h5-10,13-17,20,24H,2-4,11-12,18H2,1H3,(H,28,30)/t24-/m1/s1. The van der Waals surface area contributed by atoms with Crippen LogP contribution in [0.3, 0.4) is 0 Å². The molecule has 6 heteroatoms. The first kappa shape index (κ1) is 21.8. The van der Waals surface area contributed by atoms with Crippen LogP contribution in [0.2, 0.25) is 0 Å². The third kappa shape index (κ3) is 5.07. The van der Waals surface area contributed by atoms with E-state index in [0.717, 1.165) is 36.8 Å². The molecule has 2 aromatic heterocycles. The van der Waals surface area contributed by atoms with E-state index in [1.165, 1.54) is 6.42 Å². The summed E-state index contributed by atoms with van der Waals surface area (Å²) < 4.78 is 5.55. The molecule has 32 heavy (non-hydrogen) atoms. The van der Waals surface area contributed by atoms with Crippen molar-refractivity contribution in [2.24, 2.45) is 0 Å². The number of carbonyl (C=O) groups excluding carboxylic acids is 2. The molecule has 1 aromatic carbocycles. The van der Waals surface area contributed by atoms with Crippen LogP contribution in [-0.2, 0) is 11.3 Å². The Balaban J connectivity index is 1.73. The van der Waals surface area contributed by atoms with Gasteiger partial charge in [-0.2, -0.15) is 0 Å². The van der Waals surface area contributed by atoms with Crippen molar-refractivity contribution in [2.75, 3.05) is 0 Å². The summed E-state index contributed by atoms with van der Waals surface area (Å²) in [6.45, 7) is 2.13. The maximum Gasteiger partial charge on any atom is 0.273 e. The van der Waals surface area contributed by atoms with Gasteiger partial charge in [-0.3, -0.25) is 14.6 Å². The first-order chi connectivity index (χ1) is 15.6. The number of benzene rings is 1. The SMILES string of the molecule is Cc1ccccc1[C@H](C(=O)NC1CCCCC1)N(Cc1ccco1)C(=O)c1ccccn1. The van der Waals surface area contributed by atoms with Crippen molar-refractivity contribution < 1.29 is 14.0 Å². The van der Waals surface area contributed by atoms with Crippen LogP contribution in [0, 0.1) is 6.92 Å². The van der Waals surface area contributed by atoms with Crippen LogP contribution in [-0.4, -0.2) is 27.7 Å². The number of hydrogen-bond acceptors (Lipinski definition) is 4. The van der Waals surface area contributed by atoms with E-state index in [4.69, 9.17) is 4.42 Å². The molecule has 0 radical (unpaired) electrons. The third-order valence-corrected chi connectivity index (χ3v) is 6.05. The Labute approximate surface area is 188 Å². The van der Waals surface area contributed by atoms with E-state index in [9.17, 15) is 9.59 Å². The predicted octanol–water partition coefficient (Wildman–Crippen LogP) is 4.82. The van der Waals surface area contributed by atoms with Crippen molar-refractivity contribution >= 4 is 11.8 Å². The van der Waals surface area contributed by atoms with Gasteiger partial charge >= 0.3 is 0 Å². The summed E-state index contributed by atoms with van der Waals surface area (Å²) in [6, 6.07) is 15.9. The molecule has 0 spiro atoms. The zero-order chi connectivity index (χ0) is 22.3. The second kappa shape index (κ2) is 10.3. The van der Waals surface area contributed by atoms with E-state index < -0.39 is 6.04 Å². The van der Waals surface area contributed by atoms with Crippen LogP contribution < -0.4 is 5.32 Å². The largest absolute Gasteiger partial charge is 0.467 e. The molecule has 2 heterocycles. The fraction of sp³-hybridized carbons (Fsp3) is 0.346. The number of nitrogens with zero attached hydrogens (tertiary/aromatic N) is 2. The fourth-order valence-corrected chi connectivity index (χ4v) is 4.36. The Morgan fingerprint density at radius 2 is 1.84 bits per heavy atom. The van der Waals surface area contributed by atoms with Gasteiger partial charge in [-0.1, -0.05) is 49.6 Å². The highest BCUT2D eigenvalue weighted by molar-refractivity contribution is 5.96. The number of aryl methyl sites for hydroxylation is 1. The molecule has 0 saturated heterocycles. The molecule has 4 rings (SSSR count). The van der Waals surface area contributed by atoms with Gasteiger partial charge in [-0.05, 0) is 55.2 Å². The van der Waals surface area contributed by atoms with Crippen molar-refractivity contribution in [3.63, 3.8) is 0 Å². The molecule has 1 atom stereocenters. The number of carbonyl (C=O) groups is 2. The molecule has 1 aliphatic carbocycles. The monoisotopic (exact) mass is 431 g/mol. The Morgan fingerprint density at radius 3 is 2.53 bits per heavy atom. The number of furan rings is 1. The molecule has 1 aliphatic rings. The van der Waals surface area contributed by atoms with Gasteiger partial charge in [0.1, 0.15) is 17.5 Å². The Kier molecular flexibility index (Phi) is 7.00. The topological polar surface area (TPSA) is 75.4 Å². The summed E-state index contributed by atoms with van der Waals surface area (Å²) in [4.78, 5) is 33.2. The van der Waals surface area contributed by atoms with E-state index in [1.54, 1.807) is 41.6 Å². The fourth-order valence-electron chi connectivity index (χ4n) is 4.36. The van der Waals surface area contributed by atoms with E-state index in [1.807, 2.05) is 37.3 Å². The van der Waals surface area contributed by atoms with Gasteiger partial charge in [0.2, 0.25) is 5.91 Å². The number of amides is 2. The van der Waals surface area contributed by atoms with Crippen molar-refractivity contribution in [2.45, 2.75) is 57.7 Å². The maximum absolute atomic E-state index is 13.7. The maximum atomic E-state index is 13.7. The van der Waals surface area contributed by atoms with Crippen molar-refractivity contribution in [3.8, 4) is 0 Å². The minimum absolute atomic E-state index is 0.137.